The highest BCUT2D eigenvalue weighted by Gasteiger charge is 2.11. The highest BCUT2D eigenvalue weighted by Crippen LogP contribution is 1.98. The summed E-state index contributed by atoms with van der Waals surface area (Å²) in [5, 5.41) is 0. The Bertz CT molecular complexity index is 303. The zero-order chi connectivity index (χ0) is 11.1. The van der Waals surface area contributed by atoms with Gasteiger partial charge in [0.2, 0.25) is 0 Å². The van der Waals surface area contributed by atoms with Crippen LogP contribution in [-0.2, 0) is 4.74 Å². The van der Waals surface area contributed by atoms with Gasteiger partial charge in [0.25, 0.3) is 5.91 Å². The summed E-state index contributed by atoms with van der Waals surface area (Å²) in [7, 11) is 3.39. The van der Waals surface area contributed by atoms with Crippen molar-refractivity contribution in [2.45, 2.75) is 6.42 Å². The first kappa shape index (κ1) is 11.6. The maximum Gasteiger partial charge on any atom is 0.273 e. The van der Waals surface area contributed by atoms with Gasteiger partial charge in [0.05, 0.1) is 6.20 Å². The minimum atomic E-state index is -0.112. The van der Waals surface area contributed by atoms with E-state index in [4.69, 9.17) is 4.74 Å². The van der Waals surface area contributed by atoms with Gasteiger partial charge in [0.1, 0.15) is 5.69 Å². The molecule has 5 heteroatoms. The van der Waals surface area contributed by atoms with Gasteiger partial charge < -0.3 is 9.64 Å². The molecule has 0 aromatic carbocycles. The van der Waals surface area contributed by atoms with Gasteiger partial charge in [-0.1, -0.05) is 0 Å². The molecule has 0 fully saturated rings. The van der Waals surface area contributed by atoms with Crippen LogP contribution in [0, 0.1) is 0 Å². The molecule has 0 saturated carbocycles. The number of hydrogen-bond acceptors (Lipinski definition) is 4. The summed E-state index contributed by atoms with van der Waals surface area (Å²) in [6.07, 6.45) is 5.34. The number of carbonyl (C=O) groups is 1. The lowest BCUT2D eigenvalue weighted by molar-refractivity contribution is 0.0773. The first-order valence-corrected chi connectivity index (χ1v) is 4.76. The minimum absolute atomic E-state index is 0.112. The van der Waals surface area contributed by atoms with E-state index in [2.05, 4.69) is 9.97 Å². The second-order valence-corrected chi connectivity index (χ2v) is 3.16. The van der Waals surface area contributed by atoms with Gasteiger partial charge in [-0.15, -0.1) is 0 Å². The summed E-state index contributed by atoms with van der Waals surface area (Å²) in [6, 6.07) is 0. The summed E-state index contributed by atoms with van der Waals surface area (Å²) in [4.78, 5) is 21.1. The average molecular weight is 209 g/mol. The standard InChI is InChI=1S/C10H15N3O2/c1-13(6-3-7-15-2)10(14)9-8-11-4-5-12-9/h4-5,8H,3,6-7H2,1-2H3. The summed E-state index contributed by atoms with van der Waals surface area (Å²) in [6.45, 7) is 1.31. The predicted molar refractivity (Wildman–Crippen MR) is 55.5 cm³/mol. The minimum Gasteiger partial charge on any atom is -0.385 e. The van der Waals surface area contributed by atoms with E-state index in [1.807, 2.05) is 0 Å². The Balaban J connectivity index is 2.46. The van der Waals surface area contributed by atoms with Gasteiger partial charge in [0.15, 0.2) is 0 Å². The monoisotopic (exact) mass is 209 g/mol. The smallest absolute Gasteiger partial charge is 0.273 e. The van der Waals surface area contributed by atoms with E-state index in [9.17, 15) is 4.79 Å². The highest BCUT2D eigenvalue weighted by molar-refractivity contribution is 5.91. The Hall–Kier alpha value is -1.49. The molecule has 0 bridgehead atoms. The molecule has 0 spiro atoms. The van der Waals surface area contributed by atoms with Gasteiger partial charge in [0, 0.05) is 39.7 Å². The lowest BCUT2D eigenvalue weighted by Crippen LogP contribution is -2.29. The third-order valence-electron chi connectivity index (χ3n) is 1.97. The predicted octanol–water partition coefficient (Wildman–Crippen LogP) is 0.585. The van der Waals surface area contributed by atoms with Crippen molar-refractivity contribution in [2.24, 2.45) is 0 Å². The molecule has 82 valence electrons. The molecule has 0 aliphatic carbocycles. The molecule has 1 aromatic rings. The summed E-state index contributed by atoms with van der Waals surface area (Å²) in [5.41, 5.74) is 0.373. The van der Waals surface area contributed by atoms with Gasteiger partial charge in [-0.05, 0) is 6.42 Å². The molecule has 0 radical (unpaired) electrons. The Labute approximate surface area is 89.1 Å². The van der Waals surface area contributed by atoms with Crippen LogP contribution in [0.4, 0.5) is 0 Å². The van der Waals surface area contributed by atoms with E-state index >= 15 is 0 Å². The van der Waals surface area contributed by atoms with E-state index in [0.29, 0.717) is 18.8 Å². The van der Waals surface area contributed by atoms with Crippen LogP contribution in [0.25, 0.3) is 0 Å². The number of ether oxygens (including phenoxy) is 1. The Morgan fingerprint density at radius 2 is 2.33 bits per heavy atom. The normalized spacial score (nSPS) is 10.0. The molecule has 0 saturated heterocycles. The Morgan fingerprint density at radius 1 is 1.53 bits per heavy atom. The zero-order valence-corrected chi connectivity index (χ0v) is 9.01. The summed E-state index contributed by atoms with van der Waals surface area (Å²) >= 11 is 0. The van der Waals surface area contributed by atoms with Crippen molar-refractivity contribution in [3.8, 4) is 0 Å². The highest BCUT2D eigenvalue weighted by atomic mass is 16.5. The molecule has 0 N–H and O–H groups in total. The van der Waals surface area contributed by atoms with Crippen LogP contribution in [0.1, 0.15) is 16.9 Å². The molecular formula is C10H15N3O2. The molecule has 1 heterocycles. The fraction of sp³-hybridized carbons (Fsp3) is 0.500. The second kappa shape index (κ2) is 6.08. The van der Waals surface area contributed by atoms with Crippen molar-refractivity contribution in [1.82, 2.24) is 14.9 Å². The van der Waals surface area contributed by atoms with Crippen molar-refractivity contribution < 1.29 is 9.53 Å². The fourth-order valence-corrected chi connectivity index (χ4v) is 1.15. The summed E-state index contributed by atoms with van der Waals surface area (Å²) in [5.74, 6) is -0.112. The molecule has 0 unspecified atom stereocenters. The van der Waals surface area contributed by atoms with Crippen LogP contribution in [0.5, 0.6) is 0 Å². The van der Waals surface area contributed by atoms with Crippen molar-refractivity contribution in [3.05, 3.63) is 24.3 Å². The number of amides is 1. The first-order valence-electron chi connectivity index (χ1n) is 4.76. The third kappa shape index (κ3) is 3.63. The topological polar surface area (TPSA) is 55.3 Å². The SMILES string of the molecule is COCCCN(C)C(=O)c1cnccn1. The molecule has 0 atom stereocenters. The van der Waals surface area contributed by atoms with Crippen LogP contribution >= 0.6 is 0 Å². The molecule has 0 aliphatic heterocycles. The van der Waals surface area contributed by atoms with Gasteiger partial charge in [-0.2, -0.15) is 0 Å². The largest absolute Gasteiger partial charge is 0.385 e. The van der Waals surface area contributed by atoms with Crippen LogP contribution in [0.15, 0.2) is 18.6 Å². The Kier molecular flexibility index (Phi) is 4.70. The lowest BCUT2D eigenvalue weighted by Gasteiger charge is -2.15. The number of rotatable bonds is 5. The first-order chi connectivity index (χ1) is 7.25. The molecule has 1 aromatic heterocycles. The van der Waals surface area contributed by atoms with E-state index in [-0.39, 0.29) is 5.91 Å². The van der Waals surface area contributed by atoms with Crippen LogP contribution in [0.3, 0.4) is 0 Å². The molecule has 5 nitrogen and oxygen atoms in total. The number of aromatic nitrogens is 2. The Morgan fingerprint density at radius 3 is 2.93 bits per heavy atom. The number of hydrogen-bond donors (Lipinski definition) is 0. The van der Waals surface area contributed by atoms with Crippen molar-refractivity contribution >= 4 is 5.91 Å². The molecule has 1 amide bonds. The third-order valence-corrected chi connectivity index (χ3v) is 1.97. The van der Waals surface area contributed by atoms with Crippen molar-refractivity contribution in [3.63, 3.8) is 0 Å². The quantitative estimate of drug-likeness (QED) is 0.666. The van der Waals surface area contributed by atoms with E-state index in [0.717, 1.165) is 6.42 Å². The average Bonchev–Trinajstić information content (AvgIpc) is 2.29. The van der Waals surface area contributed by atoms with E-state index in [1.165, 1.54) is 12.4 Å². The second-order valence-electron chi connectivity index (χ2n) is 3.16. The molecule has 1 rings (SSSR count). The van der Waals surface area contributed by atoms with Gasteiger partial charge in [-0.25, -0.2) is 4.98 Å². The van der Waals surface area contributed by atoms with Gasteiger partial charge in [-0.3, -0.25) is 9.78 Å². The van der Waals surface area contributed by atoms with E-state index < -0.39 is 0 Å². The molecule has 0 aliphatic rings. The number of carbonyl (C=O) groups excluding carboxylic acids is 1. The molecular weight excluding hydrogens is 194 g/mol. The maximum absolute atomic E-state index is 11.7. The van der Waals surface area contributed by atoms with Crippen LogP contribution < -0.4 is 0 Å². The van der Waals surface area contributed by atoms with Gasteiger partial charge >= 0.3 is 0 Å². The summed E-state index contributed by atoms with van der Waals surface area (Å²) < 4.78 is 4.91. The maximum atomic E-state index is 11.7. The zero-order valence-electron chi connectivity index (χ0n) is 9.01. The lowest BCUT2D eigenvalue weighted by atomic mass is 10.3. The van der Waals surface area contributed by atoms with Crippen LogP contribution in [0.2, 0.25) is 0 Å². The van der Waals surface area contributed by atoms with Crippen LogP contribution in [-0.4, -0.2) is 48.1 Å². The molecule has 15 heavy (non-hydrogen) atoms. The van der Waals surface area contributed by atoms with Crippen molar-refractivity contribution in [2.75, 3.05) is 27.3 Å². The van der Waals surface area contributed by atoms with E-state index in [1.54, 1.807) is 25.3 Å². The van der Waals surface area contributed by atoms with Crippen molar-refractivity contribution in [1.29, 1.82) is 0 Å². The fourth-order valence-electron chi connectivity index (χ4n) is 1.15. The number of methoxy groups -OCH3 is 1. The number of nitrogens with zero attached hydrogens (tertiary/aromatic N) is 3.